The molecule has 0 radical (unpaired) electrons. The molecule has 2 N–H and O–H groups in total. The van der Waals surface area contributed by atoms with Crippen molar-refractivity contribution in [2.24, 2.45) is 4.99 Å². The van der Waals surface area contributed by atoms with Gasteiger partial charge in [0.15, 0.2) is 5.96 Å². The van der Waals surface area contributed by atoms with E-state index >= 15 is 0 Å². The topological polar surface area (TPSA) is 50.6 Å². The molecule has 1 atom stereocenters. The van der Waals surface area contributed by atoms with Gasteiger partial charge in [-0.05, 0) is 31.9 Å². The lowest BCUT2D eigenvalue weighted by atomic mass is 10.2. The molecule has 1 aromatic rings. The summed E-state index contributed by atoms with van der Waals surface area (Å²) in [4.78, 5) is 4.57. The average molecular weight is 392 g/mol. The van der Waals surface area contributed by atoms with Gasteiger partial charge in [-0.3, -0.25) is 4.99 Å². The Hall–Kier alpha value is -0.760. The Kier molecular flexibility index (Phi) is 8.68. The molecule has 0 bridgehead atoms. The SMILES string of the molecule is CCNC(=NCC1CCCO1)NCCn1cccc1.I. The van der Waals surface area contributed by atoms with Crippen LogP contribution in [0.3, 0.4) is 0 Å². The second-order valence-corrected chi connectivity index (χ2v) is 4.70. The van der Waals surface area contributed by atoms with Gasteiger partial charge in [-0.1, -0.05) is 0 Å². The van der Waals surface area contributed by atoms with E-state index < -0.39 is 0 Å². The molecule has 5 nitrogen and oxygen atoms in total. The maximum absolute atomic E-state index is 5.58. The van der Waals surface area contributed by atoms with Crippen LogP contribution in [0.4, 0.5) is 0 Å². The number of rotatable bonds is 6. The molecule has 114 valence electrons. The van der Waals surface area contributed by atoms with Crippen LogP contribution in [0, 0.1) is 0 Å². The van der Waals surface area contributed by atoms with Crippen molar-refractivity contribution in [2.45, 2.75) is 32.4 Å². The number of nitrogens with zero attached hydrogens (tertiary/aromatic N) is 2. The number of halogens is 1. The normalized spacial score (nSPS) is 18.6. The van der Waals surface area contributed by atoms with Gasteiger partial charge in [0.1, 0.15) is 0 Å². The number of guanidine groups is 1. The number of nitrogens with one attached hydrogen (secondary N) is 2. The van der Waals surface area contributed by atoms with Gasteiger partial charge >= 0.3 is 0 Å². The van der Waals surface area contributed by atoms with Crippen LogP contribution in [0.5, 0.6) is 0 Å². The van der Waals surface area contributed by atoms with E-state index in [9.17, 15) is 0 Å². The highest BCUT2D eigenvalue weighted by Crippen LogP contribution is 2.11. The lowest BCUT2D eigenvalue weighted by molar-refractivity contribution is 0.117. The maximum atomic E-state index is 5.58. The van der Waals surface area contributed by atoms with Crippen LogP contribution >= 0.6 is 24.0 Å². The molecule has 2 heterocycles. The quantitative estimate of drug-likeness (QED) is 0.441. The second-order valence-electron chi connectivity index (χ2n) is 4.70. The molecule has 20 heavy (non-hydrogen) atoms. The zero-order chi connectivity index (χ0) is 13.3. The summed E-state index contributed by atoms with van der Waals surface area (Å²) in [6.07, 6.45) is 6.74. The van der Waals surface area contributed by atoms with E-state index in [4.69, 9.17) is 4.74 Å². The molecule has 1 aliphatic heterocycles. The zero-order valence-electron chi connectivity index (χ0n) is 12.0. The van der Waals surface area contributed by atoms with E-state index in [1.807, 2.05) is 12.1 Å². The van der Waals surface area contributed by atoms with Gasteiger partial charge in [0, 0.05) is 38.6 Å². The van der Waals surface area contributed by atoms with E-state index in [0.717, 1.165) is 51.6 Å². The third-order valence-electron chi connectivity index (χ3n) is 3.15. The average Bonchev–Trinajstić information content (AvgIpc) is 3.09. The summed E-state index contributed by atoms with van der Waals surface area (Å²) in [6, 6.07) is 4.08. The van der Waals surface area contributed by atoms with E-state index in [1.165, 1.54) is 0 Å². The van der Waals surface area contributed by atoms with Crippen LogP contribution in [0.1, 0.15) is 19.8 Å². The Morgan fingerprint density at radius 3 is 2.80 bits per heavy atom. The molecular formula is C14H25IN4O. The Morgan fingerprint density at radius 1 is 1.35 bits per heavy atom. The van der Waals surface area contributed by atoms with Crippen LogP contribution in [0.2, 0.25) is 0 Å². The summed E-state index contributed by atoms with van der Waals surface area (Å²) in [5, 5.41) is 6.61. The summed E-state index contributed by atoms with van der Waals surface area (Å²) in [5.74, 6) is 0.880. The summed E-state index contributed by atoms with van der Waals surface area (Å²) in [5.41, 5.74) is 0. The van der Waals surface area contributed by atoms with E-state index in [2.05, 4.69) is 39.5 Å². The van der Waals surface area contributed by atoms with Crippen LogP contribution in [-0.4, -0.2) is 42.9 Å². The van der Waals surface area contributed by atoms with Gasteiger partial charge in [-0.2, -0.15) is 0 Å². The van der Waals surface area contributed by atoms with Crippen molar-refractivity contribution < 1.29 is 4.74 Å². The van der Waals surface area contributed by atoms with Crippen molar-refractivity contribution in [3.8, 4) is 0 Å². The maximum Gasteiger partial charge on any atom is 0.191 e. The predicted molar refractivity (Wildman–Crippen MR) is 92.8 cm³/mol. The van der Waals surface area contributed by atoms with Crippen LogP contribution in [-0.2, 0) is 11.3 Å². The lowest BCUT2D eigenvalue weighted by Crippen LogP contribution is -2.39. The molecule has 1 unspecified atom stereocenters. The zero-order valence-corrected chi connectivity index (χ0v) is 14.4. The fourth-order valence-corrected chi connectivity index (χ4v) is 2.15. The molecular weight excluding hydrogens is 367 g/mol. The summed E-state index contributed by atoms with van der Waals surface area (Å²) >= 11 is 0. The molecule has 1 aliphatic rings. The first-order valence-electron chi connectivity index (χ1n) is 7.13. The largest absolute Gasteiger partial charge is 0.376 e. The second kappa shape index (κ2) is 10.0. The minimum Gasteiger partial charge on any atom is -0.376 e. The number of hydrogen-bond acceptors (Lipinski definition) is 2. The Labute approximate surface area is 138 Å². The molecule has 0 aliphatic carbocycles. The van der Waals surface area contributed by atoms with Crippen LogP contribution in [0.15, 0.2) is 29.5 Å². The molecule has 2 rings (SSSR count). The molecule has 0 saturated carbocycles. The van der Waals surface area contributed by atoms with Gasteiger partial charge in [0.05, 0.1) is 12.6 Å². The van der Waals surface area contributed by atoms with Crippen LogP contribution in [0.25, 0.3) is 0 Å². The third-order valence-corrected chi connectivity index (χ3v) is 3.15. The van der Waals surface area contributed by atoms with Crippen LogP contribution < -0.4 is 10.6 Å². The number of aliphatic imine (C=N–C) groups is 1. The molecule has 0 aromatic carbocycles. The molecule has 1 aromatic heterocycles. The fourth-order valence-electron chi connectivity index (χ4n) is 2.15. The van der Waals surface area contributed by atoms with Gasteiger partial charge in [-0.15, -0.1) is 24.0 Å². The number of aromatic nitrogens is 1. The highest BCUT2D eigenvalue weighted by molar-refractivity contribution is 14.0. The Bertz CT molecular complexity index is 375. The predicted octanol–water partition coefficient (Wildman–Crippen LogP) is 1.84. The van der Waals surface area contributed by atoms with Crippen molar-refractivity contribution in [3.63, 3.8) is 0 Å². The Balaban J connectivity index is 0.00000200. The summed E-state index contributed by atoms with van der Waals surface area (Å²) in [6.45, 7) is 6.40. The highest BCUT2D eigenvalue weighted by atomic mass is 127. The molecule has 1 saturated heterocycles. The lowest BCUT2D eigenvalue weighted by Gasteiger charge is -2.13. The van der Waals surface area contributed by atoms with Crippen molar-refractivity contribution in [1.29, 1.82) is 0 Å². The third kappa shape index (κ3) is 6.13. The van der Waals surface area contributed by atoms with Crippen molar-refractivity contribution in [1.82, 2.24) is 15.2 Å². The van der Waals surface area contributed by atoms with Gasteiger partial charge in [0.25, 0.3) is 0 Å². The number of hydrogen-bond donors (Lipinski definition) is 2. The van der Waals surface area contributed by atoms with E-state index in [-0.39, 0.29) is 24.0 Å². The fraction of sp³-hybridized carbons (Fsp3) is 0.643. The number of ether oxygens (including phenoxy) is 1. The first kappa shape index (κ1) is 17.3. The first-order chi connectivity index (χ1) is 9.38. The van der Waals surface area contributed by atoms with Gasteiger partial charge in [-0.25, -0.2) is 0 Å². The van der Waals surface area contributed by atoms with Gasteiger partial charge in [0.2, 0.25) is 0 Å². The summed E-state index contributed by atoms with van der Waals surface area (Å²) < 4.78 is 7.73. The van der Waals surface area contributed by atoms with Crippen molar-refractivity contribution in [3.05, 3.63) is 24.5 Å². The standard InChI is InChI=1S/C14H24N4O.HI/c1-2-15-14(17-12-13-6-5-11-19-13)16-7-10-18-8-3-4-9-18;/h3-4,8-9,13H,2,5-7,10-12H2,1H3,(H2,15,16,17);1H. The molecule has 1 fully saturated rings. The molecule has 6 heteroatoms. The van der Waals surface area contributed by atoms with Crippen molar-refractivity contribution in [2.75, 3.05) is 26.2 Å². The first-order valence-corrected chi connectivity index (χ1v) is 7.13. The minimum atomic E-state index is 0. The van der Waals surface area contributed by atoms with Gasteiger partial charge < -0.3 is 19.9 Å². The molecule has 0 amide bonds. The van der Waals surface area contributed by atoms with Crippen molar-refractivity contribution >= 4 is 29.9 Å². The monoisotopic (exact) mass is 392 g/mol. The molecule has 0 spiro atoms. The highest BCUT2D eigenvalue weighted by Gasteiger charge is 2.14. The van der Waals surface area contributed by atoms with E-state index in [0.29, 0.717) is 6.10 Å². The minimum absolute atomic E-state index is 0. The smallest absolute Gasteiger partial charge is 0.191 e. The van der Waals surface area contributed by atoms with E-state index in [1.54, 1.807) is 0 Å². The summed E-state index contributed by atoms with van der Waals surface area (Å²) in [7, 11) is 0. The Morgan fingerprint density at radius 2 is 2.15 bits per heavy atom.